The van der Waals surface area contributed by atoms with Gasteiger partial charge in [-0.2, -0.15) is 0 Å². The van der Waals surface area contributed by atoms with Crippen LogP contribution in [0.25, 0.3) is 4.96 Å². The third kappa shape index (κ3) is 3.34. The number of amides is 1. The highest BCUT2D eigenvalue weighted by Gasteiger charge is 2.19. The van der Waals surface area contributed by atoms with Crippen molar-refractivity contribution in [3.63, 3.8) is 0 Å². The second-order valence-electron chi connectivity index (χ2n) is 5.90. The summed E-state index contributed by atoms with van der Waals surface area (Å²) >= 11 is 1.56. The number of fused-ring (bicyclic) bond motifs is 1. The summed E-state index contributed by atoms with van der Waals surface area (Å²) < 4.78 is 7.37. The number of furan rings is 1. The van der Waals surface area contributed by atoms with Crippen LogP contribution in [0.15, 0.2) is 64.9 Å². The number of rotatable bonds is 5. The van der Waals surface area contributed by atoms with Gasteiger partial charge in [-0.05, 0) is 31.2 Å². The Hall–Kier alpha value is -2.86. The molecule has 3 heterocycles. The van der Waals surface area contributed by atoms with E-state index in [9.17, 15) is 4.79 Å². The van der Waals surface area contributed by atoms with Gasteiger partial charge in [0.25, 0.3) is 0 Å². The Bertz CT molecular complexity index is 955. The lowest BCUT2D eigenvalue weighted by Crippen LogP contribution is -2.31. The van der Waals surface area contributed by atoms with Crippen molar-refractivity contribution in [1.82, 2.24) is 9.38 Å². The molecule has 0 unspecified atom stereocenters. The molecule has 25 heavy (non-hydrogen) atoms. The molecule has 0 spiro atoms. The van der Waals surface area contributed by atoms with Gasteiger partial charge in [0.05, 0.1) is 24.9 Å². The Balaban J connectivity index is 1.60. The molecule has 0 aliphatic heterocycles. The SMILES string of the molecule is Cc1ccc(N(Cc2ccco2)C(=O)Cc2cn3ccsc3n2)cc1. The number of aryl methyl sites for hydroxylation is 1. The van der Waals surface area contributed by atoms with Gasteiger partial charge < -0.3 is 9.32 Å². The number of hydrogen-bond donors (Lipinski definition) is 0. The van der Waals surface area contributed by atoms with E-state index in [1.165, 1.54) is 0 Å². The summed E-state index contributed by atoms with van der Waals surface area (Å²) in [5.41, 5.74) is 2.78. The molecular weight excluding hydrogens is 334 g/mol. The van der Waals surface area contributed by atoms with E-state index in [1.54, 1.807) is 22.5 Å². The van der Waals surface area contributed by atoms with Crippen molar-refractivity contribution in [3.8, 4) is 0 Å². The van der Waals surface area contributed by atoms with E-state index in [-0.39, 0.29) is 12.3 Å². The van der Waals surface area contributed by atoms with Crippen LogP contribution in [0.5, 0.6) is 0 Å². The summed E-state index contributed by atoms with van der Waals surface area (Å²) in [4.78, 5) is 20.1. The lowest BCUT2D eigenvalue weighted by Gasteiger charge is -2.21. The number of benzene rings is 1. The molecular formula is C19H17N3O2S. The van der Waals surface area contributed by atoms with E-state index in [4.69, 9.17) is 4.42 Å². The zero-order valence-electron chi connectivity index (χ0n) is 13.8. The van der Waals surface area contributed by atoms with E-state index in [0.717, 1.165) is 27.7 Å². The van der Waals surface area contributed by atoms with Crippen molar-refractivity contribution >= 4 is 27.9 Å². The molecule has 0 saturated carbocycles. The van der Waals surface area contributed by atoms with Crippen LogP contribution in [0.4, 0.5) is 5.69 Å². The molecule has 1 aromatic carbocycles. The molecule has 0 saturated heterocycles. The number of thiazole rings is 1. The van der Waals surface area contributed by atoms with E-state index in [2.05, 4.69) is 4.98 Å². The number of carbonyl (C=O) groups excluding carboxylic acids is 1. The summed E-state index contributed by atoms with van der Waals surface area (Å²) in [6.45, 7) is 2.43. The monoisotopic (exact) mass is 351 g/mol. The first kappa shape index (κ1) is 15.7. The maximum absolute atomic E-state index is 13.0. The van der Waals surface area contributed by atoms with Crippen molar-refractivity contribution in [2.75, 3.05) is 4.90 Å². The third-order valence-corrected chi connectivity index (χ3v) is 4.79. The Morgan fingerprint density at radius 1 is 1.28 bits per heavy atom. The van der Waals surface area contributed by atoms with Crippen LogP contribution in [0.2, 0.25) is 0 Å². The number of anilines is 1. The van der Waals surface area contributed by atoms with Crippen molar-refractivity contribution in [1.29, 1.82) is 0 Å². The number of nitrogens with zero attached hydrogens (tertiary/aromatic N) is 3. The van der Waals surface area contributed by atoms with Crippen molar-refractivity contribution in [3.05, 3.63) is 77.5 Å². The second-order valence-corrected chi connectivity index (χ2v) is 6.77. The fourth-order valence-corrected chi connectivity index (χ4v) is 3.44. The lowest BCUT2D eigenvalue weighted by atomic mass is 10.2. The minimum absolute atomic E-state index is 0.00833. The molecule has 1 amide bonds. The van der Waals surface area contributed by atoms with Crippen LogP contribution in [0, 0.1) is 6.92 Å². The molecule has 0 aliphatic rings. The van der Waals surface area contributed by atoms with Gasteiger partial charge in [-0.3, -0.25) is 9.20 Å². The summed E-state index contributed by atoms with van der Waals surface area (Å²) in [6, 6.07) is 11.6. The highest BCUT2D eigenvalue weighted by molar-refractivity contribution is 7.15. The first-order valence-corrected chi connectivity index (χ1v) is 8.87. The molecule has 126 valence electrons. The van der Waals surface area contributed by atoms with Gasteiger partial charge >= 0.3 is 0 Å². The van der Waals surface area contributed by atoms with Crippen LogP contribution < -0.4 is 4.90 Å². The van der Waals surface area contributed by atoms with Gasteiger partial charge in [-0.25, -0.2) is 4.98 Å². The van der Waals surface area contributed by atoms with E-state index < -0.39 is 0 Å². The molecule has 4 rings (SSSR count). The van der Waals surface area contributed by atoms with Gasteiger partial charge in [0.2, 0.25) is 5.91 Å². The average molecular weight is 351 g/mol. The predicted octanol–water partition coefficient (Wildman–Crippen LogP) is 4.07. The molecule has 3 aromatic heterocycles. The Morgan fingerprint density at radius 2 is 2.12 bits per heavy atom. The van der Waals surface area contributed by atoms with Gasteiger partial charge in [-0.15, -0.1) is 11.3 Å². The number of hydrogen-bond acceptors (Lipinski definition) is 4. The standard InChI is InChI=1S/C19H17N3O2S/c1-14-4-6-16(7-5-14)22(13-17-3-2-9-24-17)18(23)11-15-12-21-8-10-25-19(21)20-15/h2-10,12H,11,13H2,1H3. The van der Waals surface area contributed by atoms with Gasteiger partial charge in [-0.1, -0.05) is 17.7 Å². The fraction of sp³-hybridized carbons (Fsp3) is 0.158. The number of aromatic nitrogens is 2. The smallest absolute Gasteiger partial charge is 0.233 e. The van der Waals surface area contributed by atoms with Gasteiger partial charge in [0, 0.05) is 23.5 Å². The maximum atomic E-state index is 13.0. The van der Waals surface area contributed by atoms with Crippen LogP contribution in [0.1, 0.15) is 17.0 Å². The highest BCUT2D eigenvalue weighted by Crippen LogP contribution is 2.20. The summed E-state index contributed by atoms with van der Waals surface area (Å²) in [5.74, 6) is 0.741. The largest absolute Gasteiger partial charge is 0.467 e. The molecule has 0 bridgehead atoms. The quantitative estimate of drug-likeness (QED) is 0.544. The normalized spacial score (nSPS) is 11.1. The van der Waals surface area contributed by atoms with Crippen molar-refractivity contribution in [2.24, 2.45) is 0 Å². The minimum atomic E-state index is -0.00833. The Morgan fingerprint density at radius 3 is 2.84 bits per heavy atom. The molecule has 0 fully saturated rings. The fourth-order valence-electron chi connectivity index (χ4n) is 2.72. The first-order chi connectivity index (χ1) is 12.2. The van der Waals surface area contributed by atoms with Gasteiger partial charge in [0.15, 0.2) is 4.96 Å². The Kier molecular flexibility index (Phi) is 4.11. The molecule has 0 aliphatic carbocycles. The summed E-state index contributed by atoms with van der Waals surface area (Å²) in [5, 5.41) is 1.98. The molecule has 0 radical (unpaired) electrons. The average Bonchev–Trinajstić information content (AvgIpc) is 3.30. The van der Waals surface area contributed by atoms with E-state index in [0.29, 0.717) is 6.54 Å². The van der Waals surface area contributed by atoms with E-state index >= 15 is 0 Å². The topological polar surface area (TPSA) is 50.8 Å². The first-order valence-electron chi connectivity index (χ1n) is 7.99. The molecule has 0 atom stereocenters. The van der Waals surface area contributed by atoms with Gasteiger partial charge in [0.1, 0.15) is 5.76 Å². The minimum Gasteiger partial charge on any atom is -0.467 e. The van der Waals surface area contributed by atoms with Crippen molar-refractivity contribution in [2.45, 2.75) is 19.9 Å². The maximum Gasteiger partial charge on any atom is 0.233 e. The Labute approximate surface area is 149 Å². The lowest BCUT2D eigenvalue weighted by molar-refractivity contribution is -0.118. The van der Waals surface area contributed by atoms with E-state index in [1.807, 2.05) is 65.5 Å². The second kappa shape index (κ2) is 6.57. The highest BCUT2D eigenvalue weighted by atomic mass is 32.1. The van der Waals surface area contributed by atoms with Crippen LogP contribution in [0.3, 0.4) is 0 Å². The van der Waals surface area contributed by atoms with Crippen LogP contribution in [-0.2, 0) is 17.8 Å². The zero-order chi connectivity index (χ0) is 17.2. The summed E-state index contributed by atoms with van der Waals surface area (Å²) in [7, 11) is 0. The molecule has 5 nitrogen and oxygen atoms in total. The number of imidazole rings is 1. The third-order valence-electron chi connectivity index (χ3n) is 4.02. The molecule has 0 N–H and O–H groups in total. The molecule has 4 aromatic rings. The molecule has 6 heteroatoms. The predicted molar refractivity (Wildman–Crippen MR) is 97.9 cm³/mol. The summed E-state index contributed by atoms with van der Waals surface area (Å²) in [6.07, 6.45) is 5.73. The van der Waals surface area contributed by atoms with Crippen LogP contribution in [-0.4, -0.2) is 15.3 Å². The van der Waals surface area contributed by atoms with Crippen LogP contribution >= 0.6 is 11.3 Å². The van der Waals surface area contributed by atoms with Crippen molar-refractivity contribution < 1.29 is 9.21 Å². The zero-order valence-corrected chi connectivity index (χ0v) is 14.6. The number of carbonyl (C=O) groups is 1.